The molecule has 0 bridgehead atoms. The highest BCUT2D eigenvalue weighted by Gasteiger charge is 2.45. The van der Waals surface area contributed by atoms with Gasteiger partial charge in [-0.05, 0) is 26.7 Å². The number of carbonyl (C=O) groups excluding carboxylic acids is 1. The predicted octanol–water partition coefficient (Wildman–Crippen LogP) is 0.628. The first-order valence-electron chi connectivity index (χ1n) is 9.26. The summed E-state index contributed by atoms with van der Waals surface area (Å²) >= 11 is 0. The number of fused-ring (bicyclic) bond motifs is 1. The Bertz CT molecular complexity index is 653. The van der Waals surface area contributed by atoms with Crippen LogP contribution in [0.25, 0.3) is 0 Å². The molecule has 7 heteroatoms. The van der Waals surface area contributed by atoms with E-state index in [1.165, 1.54) is 11.3 Å². The van der Waals surface area contributed by atoms with E-state index in [1.54, 1.807) is 0 Å². The van der Waals surface area contributed by atoms with Crippen molar-refractivity contribution in [3.8, 4) is 0 Å². The van der Waals surface area contributed by atoms with Crippen LogP contribution >= 0.6 is 0 Å². The van der Waals surface area contributed by atoms with Crippen LogP contribution in [0.15, 0.2) is 0 Å². The lowest BCUT2D eigenvalue weighted by Gasteiger charge is -2.43. The van der Waals surface area contributed by atoms with Crippen molar-refractivity contribution in [2.45, 2.75) is 51.4 Å². The number of ether oxygens (including phenoxy) is 2. The zero-order valence-corrected chi connectivity index (χ0v) is 15.4. The van der Waals surface area contributed by atoms with Gasteiger partial charge in [0, 0.05) is 57.2 Å². The molecular formula is C18H28N4O3. The second-order valence-corrected chi connectivity index (χ2v) is 7.53. The van der Waals surface area contributed by atoms with E-state index >= 15 is 0 Å². The van der Waals surface area contributed by atoms with E-state index in [0.29, 0.717) is 6.04 Å². The molecule has 4 heterocycles. The predicted molar refractivity (Wildman–Crippen MR) is 92.2 cm³/mol. The summed E-state index contributed by atoms with van der Waals surface area (Å²) in [6.45, 7) is 8.55. The number of amides is 1. The third kappa shape index (κ3) is 3.09. The van der Waals surface area contributed by atoms with Crippen molar-refractivity contribution >= 4 is 5.91 Å². The Morgan fingerprint density at radius 2 is 1.96 bits per heavy atom. The van der Waals surface area contributed by atoms with Crippen LogP contribution in [0.3, 0.4) is 0 Å². The Labute approximate surface area is 148 Å². The van der Waals surface area contributed by atoms with E-state index < -0.39 is 0 Å². The summed E-state index contributed by atoms with van der Waals surface area (Å²) in [5.41, 5.74) is 3.60. The number of nitrogens with zero attached hydrogens (tertiary/aromatic N) is 4. The van der Waals surface area contributed by atoms with Crippen molar-refractivity contribution in [2.75, 3.05) is 32.9 Å². The van der Waals surface area contributed by atoms with Gasteiger partial charge in [-0.3, -0.25) is 14.4 Å². The van der Waals surface area contributed by atoms with Crippen molar-refractivity contribution in [1.29, 1.82) is 0 Å². The molecule has 25 heavy (non-hydrogen) atoms. The molecule has 0 radical (unpaired) electrons. The van der Waals surface area contributed by atoms with Gasteiger partial charge < -0.3 is 14.4 Å². The second-order valence-electron chi connectivity index (χ2n) is 7.53. The van der Waals surface area contributed by atoms with E-state index in [-0.39, 0.29) is 24.7 Å². The van der Waals surface area contributed by atoms with Crippen LogP contribution in [0.5, 0.6) is 0 Å². The standard InChI is InChI=1S/C18H28N4O3/c1-12-15(13(2)20(3)19-12)8-21-9-16-17(10-21)25-11-18(23)22(16)14-4-6-24-7-5-14/h14,16-17H,4-11H2,1-3H3/t16-,17-/m0/s1. The lowest BCUT2D eigenvalue weighted by molar-refractivity contribution is -0.159. The molecule has 1 aromatic heterocycles. The zero-order chi connectivity index (χ0) is 17.6. The quantitative estimate of drug-likeness (QED) is 0.802. The van der Waals surface area contributed by atoms with Crippen molar-refractivity contribution in [1.82, 2.24) is 19.6 Å². The molecule has 0 unspecified atom stereocenters. The van der Waals surface area contributed by atoms with Gasteiger partial charge in [0.1, 0.15) is 6.61 Å². The Morgan fingerprint density at radius 3 is 2.64 bits per heavy atom. The number of aryl methyl sites for hydroxylation is 2. The number of rotatable bonds is 3. The molecule has 0 N–H and O–H groups in total. The van der Waals surface area contributed by atoms with Crippen molar-refractivity contribution in [3.63, 3.8) is 0 Å². The molecule has 0 saturated carbocycles. The largest absolute Gasteiger partial charge is 0.381 e. The normalized spacial score (nSPS) is 28.6. The average Bonchev–Trinajstić information content (AvgIpc) is 3.11. The summed E-state index contributed by atoms with van der Waals surface area (Å²) in [6.07, 6.45) is 2.00. The minimum absolute atomic E-state index is 0.123. The van der Waals surface area contributed by atoms with Gasteiger partial charge in [-0.15, -0.1) is 0 Å². The molecule has 3 aliphatic heterocycles. The Balaban J connectivity index is 1.49. The molecule has 3 aliphatic rings. The maximum absolute atomic E-state index is 12.5. The first-order chi connectivity index (χ1) is 12.0. The van der Waals surface area contributed by atoms with Crippen LogP contribution in [0.1, 0.15) is 29.8 Å². The van der Waals surface area contributed by atoms with Crippen LogP contribution in [0.4, 0.5) is 0 Å². The van der Waals surface area contributed by atoms with Crippen LogP contribution in [0.2, 0.25) is 0 Å². The van der Waals surface area contributed by atoms with E-state index in [4.69, 9.17) is 9.47 Å². The minimum Gasteiger partial charge on any atom is -0.381 e. The molecule has 2 atom stereocenters. The van der Waals surface area contributed by atoms with Gasteiger partial charge in [-0.1, -0.05) is 0 Å². The third-order valence-electron chi connectivity index (χ3n) is 6.00. The van der Waals surface area contributed by atoms with Gasteiger partial charge in [0.2, 0.25) is 5.91 Å². The van der Waals surface area contributed by atoms with Gasteiger partial charge in [0.05, 0.1) is 17.8 Å². The highest BCUT2D eigenvalue weighted by molar-refractivity contribution is 5.79. The van der Waals surface area contributed by atoms with Crippen LogP contribution < -0.4 is 0 Å². The summed E-state index contributed by atoms with van der Waals surface area (Å²) in [5.74, 6) is 0.142. The summed E-state index contributed by atoms with van der Waals surface area (Å²) in [6, 6.07) is 0.473. The monoisotopic (exact) mass is 348 g/mol. The second kappa shape index (κ2) is 6.70. The maximum Gasteiger partial charge on any atom is 0.249 e. The summed E-state index contributed by atoms with van der Waals surface area (Å²) in [5, 5.41) is 4.52. The SMILES string of the molecule is Cc1nn(C)c(C)c1CN1C[C@@H]2OCC(=O)N(C3CCOCC3)[C@H]2C1. The Hall–Kier alpha value is -1.44. The maximum atomic E-state index is 12.5. The summed E-state index contributed by atoms with van der Waals surface area (Å²) < 4.78 is 13.3. The Morgan fingerprint density at radius 1 is 1.20 bits per heavy atom. The highest BCUT2D eigenvalue weighted by Crippen LogP contribution is 2.30. The number of aromatic nitrogens is 2. The number of hydrogen-bond donors (Lipinski definition) is 0. The van der Waals surface area contributed by atoms with Crippen molar-refractivity contribution in [3.05, 3.63) is 17.0 Å². The minimum atomic E-state index is 0.123. The molecule has 0 spiro atoms. The summed E-state index contributed by atoms with van der Waals surface area (Å²) in [7, 11) is 1.99. The Kier molecular flexibility index (Phi) is 4.56. The van der Waals surface area contributed by atoms with Gasteiger partial charge in [-0.2, -0.15) is 5.10 Å². The van der Waals surface area contributed by atoms with Gasteiger partial charge >= 0.3 is 0 Å². The molecule has 1 amide bonds. The number of morpholine rings is 1. The lowest BCUT2D eigenvalue weighted by atomic mass is 10.0. The lowest BCUT2D eigenvalue weighted by Crippen LogP contribution is -2.58. The molecular weight excluding hydrogens is 320 g/mol. The highest BCUT2D eigenvalue weighted by atomic mass is 16.5. The van der Waals surface area contributed by atoms with E-state index in [0.717, 1.165) is 51.4 Å². The van der Waals surface area contributed by atoms with E-state index in [1.807, 2.05) is 11.7 Å². The number of likely N-dealkylation sites (tertiary alicyclic amines) is 1. The van der Waals surface area contributed by atoms with Gasteiger partial charge in [-0.25, -0.2) is 0 Å². The van der Waals surface area contributed by atoms with Crippen molar-refractivity contribution in [2.24, 2.45) is 7.05 Å². The first kappa shape index (κ1) is 17.0. The topological polar surface area (TPSA) is 59.8 Å². The van der Waals surface area contributed by atoms with Crippen LogP contribution in [-0.2, 0) is 27.9 Å². The number of hydrogen-bond acceptors (Lipinski definition) is 5. The molecule has 1 aromatic rings. The zero-order valence-electron chi connectivity index (χ0n) is 15.4. The molecule has 138 valence electrons. The fourth-order valence-corrected chi connectivity index (χ4v) is 4.54. The third-order valence-corrected chi connectivity index (χ3v) is 6.00. The van der Waals surface area contributed by atoms with Gasteiger partial charge in [0.25, 0.3) is 0 Å². The van der Waals surface area contributed by atoms with Gasteiger partial charge in [0.15, 0.2) is 0 Å². The van der Waals surface area contributed by atoms with Crippen LogP contribution in [0, 0.1) is 13.8 Å². The fraction of sp³-hybridized carbons (Fsp3) is 0.778. The number of carbonyl (C=O) groups is 1. The summed E-state index contributed by atoms with van der Waals surface area (Å²) in [4.78, 5) is 17.1. The van der Waals surface area contributed by atoms with E-state index in [2.05, 4.69) is 28.7 Å². The molecule has 3 fully saturated rings. The first-order valence-corrected chi connectivity index (χ1v) is 9.26. The average molecular weight is 348 g/mol. The molecule has 7 nitrogen and oxygen atoms in total. The molecule has 3 saturated heterocycles. The molecule has 4 rings (SSSR count). The fourth-order valence-electron chi connectivity index (χ4n) is 4.54. The van der Waals surface area contributed by atoms with Crippen molar-refractivity contribution < 1.29 is 14.3 Å². The molecule has 0 aromatic carbocycles. The smallest absolute Gasteiger partial charge is 0.249 e. The molecule has 0 aliphatic carbocycles. The van der Waals surface area contributed by atoms with Crippen LogP contribution in [-0.4, -0.2) is 76.6 Å². The van der Waals surface area contributed by atoms with E-state index in [9.17, 15) is 4.79 Å².